The van der Waals surface area contributed by atoms with Crippen LogP contribution >= 0.6 is 28.1 Å². The maximum absolute atomic E-state index is 12.9. The van der Waals surface area contributed by atoms with Crippen LogP contribution in [0.5, 0.6) is 0 Å². The van der Waals surface area contributed by atoms with Crippen molar-refractivity contribution in [2.75, 3.05) is 4.90 Å². The van der Waals surface area contributed by atoms with Gasteiger partial charge in [-0.05, 0) is 67.0 Å². The highest BCUT2D eigenvalue weighted by Crippen LogP contribution is 2.24. The van der Waals surface area contributed by atoms with Gasteiger partial charge in [-0.25, -0.2) is 0 Å². The van der Waals surface area contributed by atoms with Gasteiger partial charge in [-0.3, -0.25) is 19.5 Å². The summed E-state index contributed by atoms with van der Waals surface area (Å²) in [5, 5.41) is 2.68. The zero-order valence-electron chi connectivity index (χ0n) is 14.9. The Morgan fingerprint density at radius 1 is 1.22 bits per heavy atom. The number of aryl methyl sites for hydroxylation is 2. The lowest BCUT2D eigenvalue weighted by Gasteiger charge is -2.31. The van der Waals surface area contributed by atoms with E-state index in [1.165, 1.54) is 11.1 Å². The molecule has 3 rings (SSSR count). The van der Waals surface area contributed by atoms with Crippen LogP contribution in [0.15, 0.2) is 51.9 Å². The van der Waals surface area contributed by atoms with Crippen LogP contribution in [0.4, 0.5) is 11.4 Å². The van der Waals surface area contributed by atoms with E-state index in [-0.39, 0.29) is 5.11 Å². The van der Waals surface area contributed by atoms with E-state index in [1.54, 1.807) is 0 Å². The first kappa shape index (κ1) is 19.4. The highest BCUT2D eigenvalue weighted by Gasteiger charge is 2.38. The molecule has 0 saturated carbocycles. The van der Waals surface area contributed by atoms with Crippen molar-refractivity contribution in [1.29, 1.82) is 0 Å². The molecule has 0 aliphatic carbocycles. The third-order valence-corrected chi connectivity index (χ3v) is 5.10. The van der Waals surface area contributed by atoms with Crippen molar-refractivity contribution in [2.45, 2.75) is 20.3 Å². The second kappa shape index (κ2) is 8.10. The Bertz CT molecular complexity index is 941. The topological polar surface area (TPSA) is 61.8 Å². The first-order chi connectivity index (χ1) is 12.9. The number of nitrogens with one attached hydrogen (secondary N) is 1. The summed E-state index contributed by atoms with van der Waals surface area (Å²) in [6, 6.07) is 13.1. The molecular formula is C20H18BrN3O2S. The second-order valence-electron chi connectivity index (χ2n) is 6.17. The molecule has 1 fully saturated rings. The summed E-state index contributed by atoms with van der Waals surface area (Å²) in [7, 11) is 0. The molecule has 1 aliphatic rings. The number of amides is 2. The van der Waals surface area contributed by atoms with E-state index in [9.17, 15) is 9.59 Å². The maximum atomic E-state index is 12.9. The quantitative estimate of drug-likeness (QED) is 0.439. The first-order valence-corrected chi connectivity index (χ1v) is 9.69. The fourth-order valence-corrected chi connectivity index (χ4v) is 3.54. The van der Waals surface area contributed by atoms with Gasteiger partial charge in [-0.2, -0.15) is 0 Å². The van der Waals surface area contributed by atoms with Gasteiger partial charge < -0.3 is 5.32 Å². The Morgan fingerprint density at radius 3 is 2.56 bits per heavy atom. The number of hydrogen-bond donors (Lipinski definition) is 1. The third kappa shape index (κ3) is 4.14. The van der Waals surface area contributed by atoms with Gasteiger partial charge >= 0.3 is 0 Å². The second-order valence-corrected chi connectivity index (χ2v) is 7.48. The highest BCUT2D eigenvalue weighted by atomic mass is 79.9. The van der Waals surface area contributed by atoms with Crippen LogP contribution < -0.4 is 10.2 Å². The average Bonchev–Trinajstić information content (AvgIpc) is 2.63. The minimum atomic E-state index is -1.04. The van der Waals surface area contributed by atoms with E-state index >= 15 is 0 Å². The van der Waals surface area contributed by atoms with Crippen molar-refractivity contribution in [3.8, 4) is 0 Å². The molecular weight excluding hydrogens is 426 g/mol. The van der Waals surface area contributed by atoms with E-state index in [1.807, 2.05) is 49.4 Å². The van der Waals surface area contributed by atoms with Gasteiger partial charge in [0, 0.05) is 10.7 Å². The van der Waals surface area contributed by atoms with Crippen LogP contribution in [0, 0.1) is 12.8 Å². The van der Waals surface area contributed by atoms with Crippen molar-refractivity contribution in [1.82, 2.24) is 5.32 Å². The molecule has 1 N–H and O–H groups in total. The predicted molar refractivity (Wildman–Crippen MR) is 115 cm³/mol. The fourth-order valence-electron chi connectivity index (χ4n) is 2.77. The molecule has 1 atom stereocenters. The lowest BCUT2D eigenvalue weighted by molar-refractivity contribution is -0.130. The summed E-state index contributed by atoms with van der Waals surface area (Å²) in [6.07, 6.45) is 2.28. The molecule has 27 heavy (non-hydrogen) atoms. The number of carbonyl (C=O) groups is 2. The van der Waals surface area contributed by atoms with Gasteiger partial charge in [-0.1, -0.05) is 35.0 Å². The van der Waals surface area contributed by atoms with Crippen LogP contribution in [-0.2, 0) is 16.0 Å². The number of halogens is 1. The number of thiocarbonyl (C=S) groups is 1. The monoisotopic (exact) mass is 443 g/mol. The highest BCUT2D eigenvalue weighted by molar-refractivity contribution is 9.10. The molecule has 1 heterocycles. The normalized spacial score (nSPS) is 17.5. The minimum absolute atomic E-state index is 0.0821. The van der Waals surface area contributed by atoms with Gasteiger partial charge in [0.15, 0.2) is 11.0 Å². The number of benzene rings is 2. The summed E-state index contributed by atoms with van der Waals surface area (Å²) in [5.41, 5.74) is 3.42. The summed E-state index contributed by atoms with van der Waals surface area (Å²) in [6.45, 7) is 3.97. The van der Waals surface area contributed by atoms with E-state index in [0.717, 1.165) is 22.0 Å². The molecule has 1 aliphatic heterocycles. The van der Waals surface area contributed by atoms with Gasteiger partial charge in [0.1, 0.15) is 0 Å². The Balaban J connectivity index is 1.88. The van der Waals surface area contributed by atoms with Crippen LogP contribution in [0.1, 0.15) is 18.1 Å². The number of rotatable bonds is 4. The van der Waals surface area contributed by atoms with Crippen LogP contribution in [-0.4, -0.2) is 23.1 Å². The van der Waals surface area contributed by atoms with Gasteiger partial charge in [-0.15, -0.1) is 0 Å². The lowest BCUT2D eigenvalue weighted by atomic mass is 10.1. The van der Waals surface area contributed by atoms with Crippen LogP contribution in [0.3, 0.4) is 0 Å². The number of nitrogens with zero attached hydrogens (tertiary/aromatic N) is 2. The molecule has 2 aromatic carbocycles. The van der Waals surface area contributed by atoms with E-state index in [4.69, 9.17) is 12.2 Å². The predicted octanol–water partition coefficient (Wildman–Crippen LogP) is 4.09. The Hall–Kier alpha value is -2.38. The SMILES string of the molecule is CCc1ccc(N2C(=O)[C@H](C=Nc3ccc(Br)cc3C)C(=O)NC2=S)cc1. The van der Waals surface area contributed by atoms with Gasteiger partial charge in [0.05, 0.1) is 11.4 Å². The largest absolute Gasteiger partial charge is 0.301 e. The van der Waals surface area contributed by atoms with Crippen molar-refractivity contribution < 1.29 is 9.59 Å². The molecule has 2 aromatic rings. The molecule has 5 nitrogen and oxygen atoms in total. The van der Waals surface area contributed by atoms with Crippen molar-refractivity contribution in [3.05, 3.63) is 58.1 Å². The van der Waals surface area contributed by atoms with E-state index in [0.29, 0.717) is 11.4 Å². The molecule has 0 bridgehead atoms. The molecule has 138 valence electrons. The van der Waals surface area contributed by atoms with E-state index in [2.05, 4.69) is 33.2 Å². The van der Waals surface area contributed by atoms with Gasteiger partial charge in [0.2, 0.25) is 5.91 Å². The molecule has 1 saturated heterocycles. The minimum Gasteiger partial charge on any atom is -0.301 e. The Labute approximate surface area is 171 Å². The lowest BCUT2D eigenvalue weighted by Crippen LogP contribution is -2.58. The fraction of sp³-hybridized carbons (Fsp3) is 0.200. The first-order valence-electron chi connectivity index (χ1n) is 8.48. The summed E-state index contributed by atoms with van der Waals surface area (Å²) < 4.78 is 0.942. The number of hydrogen-bond acceptors (Lipinski definition) is 4. The average molecular weight is 444 g/mol. The van der Waals surface area contributed by atoms with Crippen molar-refractivity contribution in [3.63, 3.8) is 0 Å². The zero-order valence-corrected chi connectivity index (χ0v) is 17.3. The van der Waals surface area contributed by atoms with Crippen molar-refractivity contribution in [2.24, 2.45) is 10.9 Å². The number of carbonyl (C=O) groups excluding carboxylic acids is 2. The summed E-state index contributed by atoms with van der Waals surface area (Å²) in [5.74, 6) is -1.91. The third-order valence-electron chi connectivity index (χ3n) is 4.33. The van der Waals surface area contributed by atoms with Crippen molar-refractivity contribution >= 4 is 62.7 Å². The number of anilines is 1. The molecule has 7 heteroatoms. The van der Waals surface area contributed by atoms with Crippen LogP contribution in [0.25, 0.3) is 0 Å². The smallest absolute Gasteiger partial charge is 0.251 e. The molecule has 0 aromatic heterocycles. The molecule has 0 radical (unpaired) electrons. The zero-order chi connectivity index (χ0) is 19.6. The van der Waals surface area contributed by atoms with Gasteiger partial charge in [0.25, 0.3) is 5.91 Å². The molecule has 0 spiro atoms. The molecule has 0 unspecified atom stereocenters. The standard InChI is InChI=1S/C20H18BrN3O2S/c1-3-13-4-7-15(8-5-13)24-19(26)16(18(25)23-20(24)27)11-22-17-9-6-14(21)10-12(17)2/h4-11,16H,3H2,1-2H3,(H,23,25,27)/t16-/m1/s1. The maximum Gasteiger partial charge on any atom is 0.251 e. The Morgan fingerprint density at radius 2 is 1.93 bits per heavy atom. The van der Waals surface area contributed by atoms with E-state index < -0.39 is 17.7 Å². The van der Waals surface area contributed by atoms with Crippen LogP contribution in [0.2, 0.25) is 0 Å². The number of aliphatic imine (C=N–C) groups is 1. The summed E-state index contributed by atoms with van der Waals surface area (Å²) in [4.78, 5) is 31.0. The summed E-state index contributed by atoms with van der Waals surface area (Å²) >= 11 is 8.62. The molecule has 2 amide bonds. The Kier molecular flexibility index (Phi) is 5.82.